The molecule has 108 valence electrons. The summed E-state index contributed by atoms with van der Waals surface area (Å²) in [4.78, 5) is 23.5. The molecule has 0 aliphatic heterocycles. The van der Waals surface area contributed by atoms with Crippen LogP contribution in [0.15, 0.2) is 24.3 Å². The number of hydrogen-bond donors (Lipinski definition) is 2. The van der Waals surface area contributed by atoms with E-state index in [1.165, 1.54) is 6.92 Å². The first-order valence-electron chi connectivity index (χ1n) is 6.75. The van der Waals surface area contributed by atoms with E-state index in [1.54, 1.807) is 12.1 Å². The minimum absolute atomic E-state index is 0.216. The van der Waals surface area contributed by atoms with Gasteiger partial charge in [0.25, 0.3) is 0 Å². The SMILES string of the molecule is CC(NC(=O)C1(c2cccc(Cl)c2)CCCC1)C(=O)O. The van der Waals surface area contributed by atoms with E-state index in [9.17, 15) is 9.59 Å². The fourth-order valence-electron chi connectivity index (χ4n) is 2.81. The lowest BCUT2D eigenvalue weighted by molar-refractivity contribution is -0.142. The number of halogens is 1. The Balaban J connectivity index is 2.30. The van der Waals surface area contributed by atoms with Crippen molar-refractivity contribution in [3.8, 4) is 0 Å². The first-order valence-corrected chi connectivity index (χ1v) is 7.13. The molecule has 1 atom stereocenters. The van der Waals surface area contributed by atoms with Crippen molar-refractivity contribution in [2.24, 2.45) is 0 Å². The molecule has 5 heteroatoms. The topological polar surface area (TPSA) is 66.4 Å². The van der Waals surface area contributed by atoms with E-state index in [-0.39, 0.29) is 5.91 Å². The van der Waals surface area contributed by atoms with Crippen LogP contribution in [0.3, 0.4) is 0 Å². The number of aliphatic carboxylic acids is 1. The van der Waals surface area contributed by atoms with Crippen LogP contribution in [0.25, 0.3) is 0 Å². The van der Waals surface area contributed by atoms with Crippen LogP contribution in [0.2, 0.25) is 5.02 Å². The van der Waals surface area contributed by atoms with Crippen molar-refractivity contribution in [2.45, 2.75) is 44.1 Å². The molecule has 1 aromatic carbocycles. The molecule has 0 aromatic heterocycles. The average molecular weight is 296 g/mol. The smallest absolute Gasteiger partial charge is 0.325 e. The predicted octanol–water partition coefficient (Wildman–Crippen LogP) is 2.74. The van der Waals surface area contributed by atoms with E-state index in [0.29, 0.717) is 5.02 Å². The Bertz CT molecular complexity index is 524. The summed E-state index contributed by atoms with van der Waals surface area (Å²) in [6, 6.07) is 6.40. The van der Waals surface area contributed by atoms with Crippen LogP contribution in [0.1, 0.15) is 38.2 Å². The van der Waals surface area contributed by atoms with Gasteiger partial charge >= 0.3 is 5.97 Å². The molecule has 1 aliphatic carbocycles. The lowest BCUT2D eigenvalue weighted by Gasteiger charge is -2.29. The quantitative estimate of drug-likeness (QED) is 0.897. The molecule has 20 heavy (non-hydrogen) atoms. The average Bonchev–Trinajstić information content (AvgIpc) is 2.89. The van der Waals surface area contributed by atoms with Gasteiger partial charge in [0.05, 0.1) is 5.41 Å². The summed E-state index contributed by atoms with van der Waals surface area (Å²) in [7, 11) is 0. The van der Waals surface area contributed by atoms with Gasteiger partial charge < -0.3 is 10.4 Å². The third kappa shape index (κ3) is 2.80. The van der Waals surface area contributed by atoms with E-state index >= 15 is 0 Å². The monoisotopic (exact) mass is 295 g/mol. The largest absolute Gasteiger partial charge is 0.480 e. The first-order chi connectivity index (χ1) is 9.45. The molecule has 1 aromatic rings. The Morgan fingerprint density at radius 3 is 2.55 bits per heavy atom. The second-order valence-corrected chi connectivity index (χ2v) is 5.77. The lowest BCUT2D eigenvalue weighted by Crippen LogP contribution is -2.48. The van der Waals surface area contributed by atoms with Gasteiger partial charge in [0.15, 0.2) is 0 Å². The summed E-state index contributed by atoms with van der Waals surface area (Å²) in [5.41, 5.74) is 0.229. The molecule has 2 N–H and O–H groups in total. The van der Waals surface area contributed by atoms with Gasteiger partial charge in [-0.05, 0) is 37.5 Å². The lowest BCUT2D eigenvalue weighted by atomic mass is 9.78. The molecule has 0 spiro atoms. The van der Waals surface area contributed by atoms with Crippen LogP contribution in [0.5, 0.6) is 0 Å². The van der Waals surface area contributed by atoms with Gasteiger partial charge in [-0.25, -0.2) is 0 Å². The van der Waals surface area contributed by atoms with Gasteiger partial charge in [-0.2, -0.15) is 0 Å². The van der Waals surface area contributed by atoms with Crippen LogP contribution >= 0.6 is 11.6 Å². The Hall–Kier alpha value is -1.55. The third-order valence-electron chi connectivity index (χ3n) is 3.99. The van der Waals surface area contributed by atoms with E-state index in [0.717, 1.165) is 31.2 Å². The number of carbonyl (C=O) groups is 2. The van der Waals surface area contributed by atoms with Crippen molar-refractivity contribution < 1.29 is 14.7 Å². The number of carbonyl (C=O) groups excluding carboxylic acids is 1. The van der Waals surface area contributed by atoms with Crippen molar-refractivity contribution in [1.82, 2.24) is 5.32 Å². The minimum atomic E-state index is -1.03. The molecule has 0 bridgehead atoms. The first kappa shape index (κ1) is 14.9. The Morgan fingerprint density at radius 1 is 1.35 bits per heavy atom. The van der Waals surface area contributed by atoms with Crippen molar-refractivity contribution in [3.05, 3.63) is 34.9 Å². The normalized spacial score (nSPS) is 18.5. The van der Waals surface area contributed by atoms with E-state index in [1.807, 2.05) is 12.1 Å². The highest BCUT2D eigenvalue weighted by Crippen LogP contribution is 2.42. The Labute approximate surface area is 123 Å². The van der Waals surface area contributed by atoms with Gasteiger partial charge in [-0.1, -0.05) is 36.6 Å². The van der Waals surface area contributed by atoms with Crippen molar-refractivity contribution in [1.29, 1.82) is 0 Å². The Kier molecular flexibility index (Phi) is 4.33. The summed E-state index contributed by atoms with van der Waals surface area (Å²) < 4.78 is 0. The number of carboxylic acid groups (broad SMARTS) is 1. The van der Waals surface area contributed by atoms with Gasteiger partial charge in [0.2, 0.25) is 5.91 Å². The van der Waals surface area contributed by atoms with E-state index < -0.39 is 17.4 Å². The third-order valence-corrected chi connectivity index (χ3v) is 4.22. The summed E-state index contributed by atoms with van der Waals surface area (Å²) in [6.45, 7) is 1.47. The zero-order valence-electron chi connectivity index (χ0n) is 11.4. The second kappa shape index (κ2) is 5.83. The van der Waals surface area contributed by atoms with Crippen molar-refractivity contribution >= 4 is 23.5 Å². The van der Waals surface area contributed by atoms with Crippen LogP contribution in [0, 0.1) is 0 Å². The van der Waals surface area contributed by atoms with Crippen LogP contribution in [-0.4, -0.2) is 23.0 Å². The molecule has 4 nitrogen and oxygen atoms in total. The molecule has 1 aliphatic rings. The summed E-state index contributed by atoms with van der Waals surface area (Å²) in [6.07, 6.45) is 3.37. The van der Waals surface area contributed by atoms with Crippen molar-refractivity contribution in [3.63, 3.8) is 0 Å². The molecule has 1 unspecified atom stereocenters. The van der Waals surface area contributed by atoms with Gasteiger partial charge in [-0.15, -0.1) is 0 Å². The summed E-state index contributed by atoms with van der Waals surface area (Å²) >= 11 is 6.02. The highest BCUT2D eigenvalue weighted by atomic mass is 35.5. The highest BCUT2D eigenvalue weighted by molar-refractivity contribution is 6.30. The zero-order valence-corrected chi connectivity index (χ0v) is 12.1. The molecule has 1 saturated carbocycles. The summed E-state index contributed by atoms with van der Waals surface area (Å²) in [5.74, 6) is -1.25. The van der Waals surface area contributed by atoms with Crippen LogP contribution < -0.4 is 5.32 Å². The molecular formula is C15H18ClNO3. The number of amides is 1. The fraction of sp³-hybridized carbons (Fsp3) is 0.467. The number of carboxylic acids is 1. The standard InChI is InChI=1S/C15H18ClNO3/c1-10(13(18)19)17-14(20)15(7-2-3-8-15)11-5-4-6-12(16)9-11/h4-6,9-10H,2-3,7-8H2,1H3,(H,17,20)(H,18,19). The number of benzene rings is 1. The molecule has 0 radical (unpaired) electrons. The number of rotatable bonds is 4. The second-order valence-electron chi connectivity index (χ2n) is 5.33. The van der Waals surface area contributed by atoms with Gasteiger partial charge in [0.1, 0.15) is 6.04 Å². The van der Waals surface area contributed by atoms with Gasteiger partial charge in [-0.3, -0.25) is 9.59 Å². The molecule has 0 saturated heterocycles. The maximum Gasteiger partial charge on any atom is 0.325 e. The highest BCUT2D eigenvalue weighted by Gasteiger charge is 2.43. The zero-order chi connectivity index (χ0) is 14.8. The minimum Gasteiger partial charge on any atom is -0.480 e. The molecule has 0 heterocycles. The summed E-state index contributed by atoms with van der Waals surface area (Å²) in [5, 5.41) is 12.1. The fourth-order valence-corrected chi connectivity index (χ4v) is 3.00. The maximum atomic E-state index is 12.6. The molecular weight excluding hydrogens is 278 g/mol. The molecule has 1 amide bonds. The van der Waals surface area contributed by atoms with Crippen molar-refractivity contribution in [2.75, 3.05) is 0 Å². The maximum absolute atomic E-state index is 12.6. The predicted molar refractivity (Wildman–Crippen MR) is 76.8 cm³/mol. The van der Waals surface area contributed by atoms with E-state index in [2.05, 4.69) is 5.32 Å². The Morgan fingerprint density at radius 2 is 2.00 bits per heavy atom. The van der Waals surface area contributed by atoms with E-state index in [4.69, 9.17) is 16.7 Å². The molecule has 2 rings (SSSR count). The van der Waals surface area contributed by atoms with Gasteiger partial charge in [0, 0.05) is 5.02 Å². The number of nitrogens with one attached hydrogen (secondary N) is 1. The number of hydrogen-bond acceptors (Lipinski definition) is 2. The van der Waals surface area contributed by atoms with Crippen LogP contribution in [-0.2, 0) is 15.0 Å². The van der Waals surface area contributed by atoms with Crippen LogP contribution in [0.4, 0.5) is 0 Å². The molecule has 1 fully saturated rings.